The zero-order chi connectivity index (χ0) is 14.8. The van der Waals surface area contributed by atoms with E-state index in [9.17, 15) is 9.59 Å². The molecule has 0 aromatic heterocycles. The lowest BCUT2D eigenvalue weighted by Crippen LogP contribution is -2.25. The fourth-order valence-corrected chi connectivity index (χ4v) is 1.45. The summed E-state index contributed by atoms with van der Waals surface area (Å²) in [7, 11) is 0. The predicted octanol–water partition coefficient (Wildman–Crippen LogP) is 2.12. The fourth-order valence-electron chi connectivity index (χ4n) is 1.45. The van der Waals surface area contributed by atoms with Crippen LogP contribution in [0.2, 0.25) is 0 Å². The molecule has 0 aliphatic carbocycles. The van der Waals surface area contributed by atoms with Crippen LogP contribution in [0.4, 0.5) is 5.69 Å². The molecule has 102 valence electrons. The second-order valence-electron chi connectivity index (χ2n) is 3.81. The molecule has 2 N–H and O–H groups in total. The first-order chi connectivity index (χ1) is 9.69. The highest BCUT2D eigenvalue weighted by atomic mass is 16.2. The first kappa shape index (κ1) is 15.3. The normalized spacial score (nSPS) is 10.4. The third-order valence-electron chi connectivity index (χ3n) is 2.33. The minimum absolute atomic E-state index is 0.141. The number of hydrogen-bond acceptors (Lipinski definition) is 2. The number of carbonyl (C=O) groups is 2. The van der Waals surface area contributed by atoms with Crippen LogP contribution in [0, 0.1) is 12.3 Å². The topological polar surface area (TPSA) is 58.2 Å². The van der Waals surface area contributed by atoms with E-state index in [0.29, 0.717) is 11.3 Å². The molecule has 0 atom stereocenters. The highest BCUT2D eigenvalue weighted by Gasteiger charge is 2.11. The van der Waals surface area contributed by atoms with Gasteiger partial charge >= 0.3 is 0 Å². The molecular formula is C16H16N2O2. The van der Waals surface area contributed by atoms with Gasteiger partial charge in [-0.2, -0.15) is 0 Å². The van der Waals surface area contributed by atoms with Crippen molar-refractivity contribution in [1.29, 1.82) is 0 Å². The molecule has 0 fully saturated rings. The van der Waals surface area contributed by atoms with Crippen LogP contribution in [-0.4, -0.2) is 18.4 Å². The highest BCUT2D eigenvalue weighted by molar-refractivity contribution is 6.06. The molecular weight excluding hydrogens is 252 g/mol. The summed E-state index contributed by atoms with van der Waals surface area (Å²) in [6, 6.07) is 6.74. The SMILES string of the molecule is C#CCNC(=O)c1ccccc1NC(=O)/C=C/C=C/C. The molecule has 0 aliphatic heterocycles. The van der Waals surface area contributed by atoms with E-state index in [1.165, 1.54) is 6.08 Å². The number of nitrogens with one attached hydrogen (secondary N) is 2. The number of allylic oxidation sites excluding steroid dienone is 3. The van der Waals surface area contributed by atoms with Gasteiger partial charge in [0.05, 0.1) is 17.8 Å². The summed E-state index contributed by atoms with van der Waals surface area (Å²) in [6.45, 7) is 2.00. The van der Waals surface area contributed by atoms with Crippen LogP contribution < -0.4 is 10.6 Å². The molecule has 0 radical (unpaired) electrons. The quantitative estimate of drug-likeness (QED) is 0.488. The first-order valence-electron chi connectivity index (χ1n) is 6.10. The Morgan fingerprint density at radius 1 is 1.30 bits per heavy atom. The Kier molecular flexibility index (Phi) is 6.35. The number of carbonyl (C=O) groups excluding carboxylic acids is 2. The van der Waals surface area contributed by atoms with Crippen molar-refractivity contribution in [2.75, 3.05) is 11.9 Å². The van der Waals surface area contributed by atoms with Gasteiger partial charge in [0, 0.05) is 6.08 Å². The lowest BCUT2D eigenvalue weighted by molar-refractivity contribution is -0.111. The molecule has 0 spiro atoms. The van der Waals surface area contributed by atoms with E-state index in [1.54, 1.807) is 36.4 Å². The van der Waals surface area contributed by atoms with E-state index in [1.807, 2.05) is 13.0 Å². The van der Waals surface area contributed by atoms with Crippen molar-refractivity contribution in [1.82, 2.24) is 5.32 Å². The van der Waals surface area contributed by atoms with Gasteiger partial charge in [-0.3, -0.25) is 9.59 Å². The van der Waals surface area contributed by atoms with Crippen molar-refractivity contribution in [3.8, 4) is 12.3 Å². The minimum Gasteiger partial charge on any atom is -0.341 e. The molecule has 0 unspecified atom stereocenters. The van der Waals surface area contributed by atoms with Crippen molar-refractivity contribution < 1.29 is 9.59 Å². The molecule has 0 heterocycles. The van der Waals surface area contributed by atoms with Crippen molar-refractivity contribution in [2.45, 2.75) is 6.92 Å². The molecule has 4 heteroatoms. The molecule has 1 aromatic rings. The summed E-state index contributed by atoms with van der Waals surface area (Å²) in [6.07, 6.45) is 11.6. The van der Waals surface area contributed by atoms with E-state index in [4.69, 9.17) is 6.42 Å². The number of anilines is 1. The third kappa shape index (κ3) is 4.83. The summed E-state index contributed by atoms with van der Waals surface area (Å²) < 4.78 is 0. The molecule has 0 saturated heterocycles. The van der Waals surface area contributed by atoms with Crippen molar-refractivity contribution in [2.24, 2.45) is 0 Å². The monoisotopic (exact) mass is 268 g/mol. The van der Waals surface area contributed by atoms with Crippen LogP contribution in [0.15, 0.2) is 48.6 Å². The van der Waals surface area contributed by atoms with Crippen LogP contribution in [0.3, 0.4) is 0 Å². The zero-order valence-corrected chi connectivity index (χ0v) is 11.2. The van der Waals surface area contributed by atoms with Gasteiger partial charge < -0.3 is 10.6 Å². The second kappa shape index (κ2) is 8.33. The summed E-state index contributed by atoms with van der Waals surface area (Å²) in [5.74, 6) is 1.70. The molecule has 0 bridgehead atoms. The first-order valence-corrected chi connectivity index (χ1v) is 6.10. The Labute approximate surface area is 118 Å². The number of terminal acetylenes is 1. The lowest BCUT2D eigenvalue weighted by atomic mass is 10.1. The average molecular weight is 268 g/mol. The van der Waals surface area contributed by atoms with E-state index < -0.39 is 0 Å². The van der Waals surface area contributed by atoms with E-state index in [0.717, 1.165) is 0 Å². The zero-order valence-electron chi connectivity index (χ0n) is 11.2. The van der Waals surface area contributed by atoms with Crippen LogP contribution >= 0.6 is 0 Å². The van der Waals surface area contributed by atoms with Crippen LogP contribution in [-0.2, 0) is 4.79 Å². The molecule has 2 amide bonds. The second-order valence-corrected chi connectivity index (χ2v) is 3.81. The van der Waals surface area contributed by atoms with Gasteiger partial charge in [0.15, 0.2) is 0 Å². The van der Waals surface area contributed by atoms with Crippen molar-refractivity contribution in [3.63, 3.8) is 0 Å². The van der Waals surface area contributed by atoms with Gasteiger partial charge in [-0.15, -0.1) is 6.42 Å². The van der Waals surface area contributed by atoms with Gasteiger partial charge in [-0.1, -0.05) is 36.3 Å². The Hall–Kier alpha value is -2.80. The minimum atomic E-state index is -0.323. The number of amides is 2. The van der Waals surface area contributed by atoms with E-state index in [-0.39, 0.29) is 18.4 Å². The maximum atomic E-state index is 11.9. The predicted molar refractivity (Wildman–Crippen MR) is 80.2 cm³/mol. The van der Waals surface area contributed by atoms with Gasteiger partial charge in [0.25, 0.3) is 5.91 Å². The molecule has 20 heavy (non-hydrogen) atoms. The summed E-state index contributed by atoms with van der Waals surface area (Å²) in [5.41, 5.74) is 0.813. The standard InChI is InChI=1S/C16H16N2O2/c1-3-5-6-11-15(19)18-14-10-8-7-9-13(14)16(20)17-12-4-2/h2-3,5-11H,12H2,1H3,(H,17,20)(H,18,19)/b5-3+,11-6+. The molecule has 1 aromatic carbocycles. The van der Waals surface area contributed by atoms with Gasteiger partial charge in [-0.05, 0) is 19.1 Å². The van der Waals surface area contributed by atoms with Gasteiger partial charge in [0.2, 0.25) is 5.91 Å². The van der Waals surface area contributed by atoms with Gasteiger partial charge in [-0.25, -0.2) is 0 Å². The van der Waals surface area contributed by atoms with Gasteiger partial charge in [0.1, 0.15) is 0 Å². The van der Waals surface area contributed by atoms with E-state index in [2.05, 4.69) is 16.6 Å². The highest BCUT2D eigenvalue weighted by Crippen LogP contribution is 2.14. The van der Waals surface area contributed by atoms with Crippen molar-refractivity contribution in [3.05, 3.63) is 54.1 Å². The summed E-state index contributed by atoms with van der Waals surface area (Å²) in [5, 5.41) is 5.21. The number of hydrogen-bond donors (Lipinski definition) is 2. The Morgan fingerprint density at radius 2 is 2.05 bits per heavy atom. The number of para-hydroxylation sites is 1. The molecule has 0 aliphatic rings. The Balaban J connectivity index is 2.83. The van der Waals surface area contributed by atoms with Crippen molar-refractivity contribution >= 4 is 17.5 Å². The maximum Gasteiger partial charge on any atom is 0.254 e. The largest absolute Gasteiger partial charge is 0.341 e. The molecule has 4 nitrogen and oxygen atoms in total. The lowest BCUT2D eigenvalue weighted by Gasteiger charge is -2.09. The number of rotatable bonds is 5. The smallest absolute Gasteiger partial charge is 0.254 e. The third-order valence-corrected chi connectivity index (χ3v) is 2.33. The Bertz CT molecular complexity index is 580. The van der Waals surface area contributed by atoms with E-state index >= 15 is 0 Å². The molecule has 1 rings (SSSR count). The summed E-state index contributed by atoms with van der Waals surface area (Å²) >= 11 is 0. The maximum absolute atomic E-state index is 11.9. The Morgan fingerprint density at radius 3 is 2.75 bits per heavy atom. The molecule has 0 saturated carbocycles. The van der Waals surface area contributed by atoms with Crippen LogP contribution in [0.5, 0.6) is 0 Å². The summed E-state index contributed by atoms with van der Waals surface area (Å²) in [4.78, 5) is 23.6. The average Bonchev–Trinajstić information content (AvgIpc) is 2.45. The number of benzene rings is 1. The van der Waals surface area contributed by atoms with Crippen LogP contribution in [0.25, 0.3) is 0 Å². The van der Waals surface area contributed by atoms with Crippen LogP contribution in [0.1, 0.15) is 17.3 Å². The fraction of sp³-hybridized carbons (Fsp3) is 0.125.